The molecule has 2 atom stereocenters. The van der Waals surface area contributed by atoms with Crippen molar-refractivity contribution in [3.05, 3.63) is 29.3 Å². The highest BCUT2D eigenvalue weighted by Crippen LogP contribution is 2.30. The zero-order valence-electron chi connectivity index (χ0n) is 11.9. The monoisotopic (exact) mass is 310 g/mol. The summed E-state index contributed by atoms with van der Waals surface area (Å²) in [5, 5.41) is 12.4. The van der Waals surface area contributed by atoms with Crippen molar-refractivity contribution in [2.24, 2.45) is 5.92 Å². The van der Waals surface area contributed by atoms with Gasteiger partial charge in [-0.15, -0.1) is 0 Å². The number of carbonyl (C=O) groups is 2. The first kappa shape index (κ1) is 15.8. The number of rotatable bonds is 5. The van der Waals surface area contributed by atoms with Crippen LogP contribution < -0.4 is 10.2 Å². The zero-order valence-corrected chi connectivity index (χ0v) is 12.6. The normalized spacial score (nSPS) is 19.7. The third-order valence-corrected chi connectivity index (χ3v) is 3.82. The molecule has 1 saturated heterocycles. The van der Waals surface area contributed by atoms with E-state index in [4.69, 9.17) is 16.7 Å². The number of para-hydroxylation sites is 1. The minimum Gasteiger partial charge on any atom is -0.393 e. The Morgan fingerprint density at radius 3 is 2.90 bits per heavy atom. The fourth-order valence-corrected chi connectivity index (χ4v) is 2.57. The summed E-state index contributed by atoms with van der Waals surface area (Å²) in [6.45, 7) is 2.42. The van der Waals surface area contributed by atoms with Crippen molar-refractivity contribution >= 4 is 29.1 Å². The van der Waals surface area contributed by atoms with Crippen molar-refractivity contribution in [3.8, 4) is 0 Å². The van der Waals surface area contributed by atoms with Gasteiger partial charge in [-0.25, -0.2) is 0 Å². The van der Waals surface area contributed by atoms with E-state index < -0.39 is 6.10 Å². The van der Waals surface area contributed by atoms with E-state index in [1.807, 2.05) is 6.07 Å². The molecule has 0 aromatic heterocycles. The number of amides is 2. The van der Waals surface area contributed by atoms with Crippen LogP contribution in [0.1, 0.15) is 19.8 Å². The van der Waals surface area contributed by atoms with E-state index in [2.05, 4.69) is 5.32 Å². The van der Waals surface area contributed by atoms with E-state index in [0.29, 0.717) is 30.2 Å². The lowest BCUT2D eigenvalue weighted by Crippen LogP contribution is -2.34. The molecule has 0 radical (unpaired) electrons. The maximum atomic E-state index is 12.1. The molecule has 1 aliphatic rings. The lowest BCUT2D eigenvalue weighted by Gasteiger charge is -2.18. The van der Waals surface area contributed by atoms with Crippen LogP contribution in [0.25, 0.3) is 0 Å². The summed E-state index contributed by atoms with van der Waals surface area (Å²) >= 11 is 6.09. The Balaban J connectivity index is 1.96. The van der Waals surface area contributed by atoms with Crippen molar-refractivity contribution in [2.75, 3.05) is 18.0 Å². The summed E-state index contributed by atoms with van der Waals surface area (Å²) in [7, 11) is 0. The smallest absolute Gasteiger partial charge is 0.227 e. The Morgan fingerprint density at radius 2 is 2.24 bits per heavy atom. The lowest BCUT2D eigenvalue weighted by molar-refractivity contribution is -0.126. The SMILES string of the molecule is CC(O)CCNC(=O)C1CC(=O)N(c2ccccc2Cl)C1. The fraction of sp³-hybridized carbons (Fsp3) is 0.467. The summed E-state index contributed by atoms with van der Waals surface area (Å²) < 4.78 is 0. The molecule has 0 saturated carbocycles. The van der Waals surface area contributed by atoms with Crippen LogP contribution in [0.2, 0.25) is 5.02 Å². The van der Waals surface area contributed by atoms with Gasteiger partial charge in [0.25, 0.3) is 0 Å². The van der Waals surface area contributed by atoms with Crippen molar-refractivity contribution in [2.45, 2.75) is 25.9 Å². The number of carbonyl (C=O) groups excluding carboxylic acids is 2. The number of hydrogen-bond acceptors (Lipinski definition) is 3. The fourth-order valence-electron chi connectivity index (χ4n) is 2.34. The molecule has 1 aromatic carbocycles. The molecule has 21 heavy (non-hydrogen) atoms. The van der Waals surface area contributed by atoms with E-state index in [-0.39, 0.29) is 24.2 Å². The Kier molecular flexibility index (Phi) is 5.20. The van der Waals surface area contributed by atoms with Gasteiger partial charge in [-0.05, 0) is 25.5 Å². The van der Waals surface area contributed by atoms with Crippen molar-refractivity contribution in [1.82, 2.24) is 5.32 Å². The van der Waals surface area contributed by atoms with Gasteiger partial charge in [0.15, 0.2) is 0 Å². The van der Waals surface area contributed by atoms with E-state index in [9.17, 15) is 9.59 Å². The van der Waals surface area contributed by atoms with E-state index in [1.165, 1.54) is 0 Å². The van der Waals surface area contributed by atoms with Crippen LogP contribution in [0.3, 0.4) is 0 Å². The van der Waals surface area contributed by atoms with Gasteiger partial charge < -0.3 is 15.3 Å². The molecule has 114 valence electrons. The molecule has 6 heteroatoms. The zero-order chi connectivity index (χ0) is 15.4. The highest BCUT2D eigenvalue weighted by atomic mass is 35.5. The predicted molar refractivity (Wildman–Crippen MR) is 81.2 cm³/mol. The Hall–Kier alpha value is -1.59. The topological polar surface area (TPSA) is 69.6 Å². The number of aliphatic hydroxyl groups excluding tert-OH is 1. The molecule has 2 N–H and O–H groups in total. The summed E-state index contributed by atoms with van der Waals surface area (Å²) in [4.78, 5) is 25.7. The Morgan fingerprint density at radius 1 is 1.52 bits per heavy atom. The molecular formula is C15H19ClN2O3. The second-order valence-electron chi connectivity index (χ2n) is 5.29. The van der Waals surface area contributed by atoms with Crippen LogP contribution in [-0.2, 0) is 9.59 Å². The van der Waals surface area contributed by atoms with Crippen LogP contribution in [0.15, 0.2) is 24.3 Å². The van der Waals surface area contributed by atoms with Crippen molar-refractivity contribution in [3.63, 3.8) is 0 Å². The first-order valence-electron chi connectivity index (χ1n) is 6.99. The third-order valence-electron chi connectivity index (χ3n) is 3.50. The number of anilines is 1. The molecule has 0 aliphatic carbocycles. The molecule has 1 fully saturated rings. The molecule has 2 unspecified atom stereocenters. The number of nitrogens with zero attached hydrogens (tertiary/aromatic N) is 1. The standard InChI is InChI=1S/C15H19ClN2O3/c1-10(19)6-7-17-15(21)11-8-14(20)18(9-11)13-5-3-2-4-12(13)16/h2-5,10-11,19H,6-9H2,1H3,(H,17,21). The molecule has 2 rings (SSSR count). The number of halogens is 1. The van der Waals surface area contributed by atoms with Gasteiger partial charge in [-0.3, -0.25) is 9.59 Å². The van der Waals surface area contributed by atoms with Crippen LogP contribution >= 0.6 is 11.6 Å². The second-order valence-corrected chi connectivity index (χ2v) is 5.69. The van der Waals surface area contributed by atoms with Crippen LogP contribution in [-0.4, -0.2) is 36.1 Å². The minimum atomic E-state index is -0.449. The van der Waals surface area contributed by atoms with Gasteiger partial charge in [-0.1, -0.05) is 23.7 Å². The summed E-state index contributed by atoms with van der Waals surface area (Å²) in [5.41, 5.74) is 0.642. The molecule has 0 bridgehead atoms. The van der Waals surface area contributed by atoms with Gasteiger partial charge in [0.05, 0.1) is 22.7 Å². The molecule has 0 spiro atoms. The predicted octanol–water partition coefficient (Wildman–Crippen LogP) is 1.58. The minimum absolute atomic E-state index is 0.0984. The molecule has 1 heterocycles. The highest BCUT2D eigenvalue weighted by Gasteiger charge is 2.35. The first-order valence-corrected chi connectivity index (χ1v) is 7.37. The van der Waals surface area contributed by atoms with Crippen LogP contribution in [0.4, 0.5) is 5.69 Å². The molecule has 5 nitrogen and oxygen atoms in total. The van der Waals surface area contributed by atoms with Crippen molar-refractivity contribution in [1.29, 1.82) is 0 Å². The molecule has 1 aliphatic heterocycles. The summed E-state index contributed by atoms with van der Waals surface area (Å²) in [6.07, 6.45) is 0.238. The van der Waals surface area contributed by atoms with E-state index >= 15 is 0 Å². The number of benzene rings is 1. The number of nitrogens with one attached hydrogen (secondary N) is 1. The number of hydrogen-bond donors (Lipinski definition) is 2. The maximum Gasteiger partial charge on any atom is 0.227 e. The Bertz CT molecular complexity index is 533. The highest BCUT2D eigenvalue weighted by molar-refractivity contribution is 6.33. The van der Waals surface area contributed by atoms with Gasteiger partial charge in [-0.2, -0.15) is 0 Å². The molecule has 2 amide bonds. The molecule has 1 aromatic rings. The van der Waals surface area contributed by atoms with Crippen LogP contribution in [0.5, 0.6) is 0 Å². The van der Waals surface area contributed by atoms with E-state index in [1.54, 1.807) is 30.0 Å². The number of aliphatic hydroxyl groups is 1. The van der Waals surface area contributed by atoms with Crippen molar-refractivity contribution < 1.29 is 14.7 Å². The first-order chi connectivity index (χ1) is 9.99. The van der Waals surface area contributed by atoms with Gasteiger partial charge in [0.1, 0.15) is 0 Å². The van der Waals surface area contributed by atoms with Gasteiger partial charge >= 0.3 is 0 Å². The average Bonchev–Trinajstić information content (AvgIpc) is 2.81. The van der Waals surface area contributed by atoms with Crippen LogP contribution in [0, 0.1) is 5.92 Å². The Labute approximate surface area is 128 Å². The lowest BCUT2D eigenvalue weighted by atomic mass is 10.1. The van der Waals surface area contributed by atoms with Gasteiger partial charge in [0.2, 0.25) is 11.8 Å². The maximum absolute atomic E-state index is 12.1. The quantitative estimate of drug-likeness (QED) is 0.867. The third kappa shape index (κ3) is 3.95. The van der Waals surface area contributed by atoms with Gasteiger partial charge in [0, 0.05) is 19.5 Å². The largest absolute Gasteiger partial charge is 0.393 e. The second kappa shape index (κ2) is 6.91. The summed E-state index contributed by atoms with van der Waals surface area (Å²) in [5.74, 6) is -0.625. The average molecular weight is 311 g/mol. The van der Waals surface area contributed by atoms with E-state index in [0.717, 1.165) is 0 Å². The summed E-state index contributed by atoms with van der Waals surface area (Å²) in [6, 6.07) is 7.10. The molecular weight excluding hydrogens is 292 g/mol.